The summed E-state index contributed by atoms with van der Waals surface area (Å²) in [6, 6.07) is 0. The first-order chi connectivity index (χ1) is 2.56. The first-order valence-corrected chi connectivity index (χ1v) is 5.30. The minimum atomic E-state index is -2.45. The molecule has 0 aliphatic carbocycles. The number of halogens is 2. The normalized spacial score (nSPS) is 12.0. The SMILES string of the molecule is CC[P+](O)(Cl)Cl. The Labute approximate surface area is 47.3 Å². The van der Waals surface area contributed by atoms with Crippen LogP contribution in [0.15, 0.2) is 0 Å². The third-order valence-electron chi connectivity index (χ3n) is 0.380. The molecule has 0 saturated heterocycles. The monoisotopic (exact) mass is 147 g/mol. The second-order valence-electron chi connectivity index (χ2n) is 0.912. The van der Waals surface area contributed by atoms with Gasteiger partial charge in [-0.05, 0) is 6.92 Å². The molecule has 38 valence electrons. The summed E-state index contributed by atoms with van der Waals surface area (Å²) >= 11 is 10.3. The highest BCUT2D eigenvalue weighted by atomic mass is 35.9. The van der Waals surface area contributed by atoms with Gasteiger partial charge in [0.15, 0.2) is 0 Å². The highest BCUT2D eigenvalue weighted by molar-refractivity contribution is 8.13. The maximum atomic E-state index is 8.47. The van der Waals surface area contributed by atoms with Crippen molar-refractivity contribution in [2.45, 2.75) is 6.92 Å². The van der Waals surface area contributed by atoms with E-state index in [-0.39, 0.29) is 0 Å². The minimum absolute atomic E-state index is 0.468. The van der Waals surface area contributed by atoms with Crippen LogP contribution in [-0.2, 0) is 0 Å². The topological polar surface area (TPSA) is 20.2 Å². The van der Waals surface area contributed by atoms with Gasteiger partial charge in [-0.2, -0.15) is 0 Å². The van der Waals surface area contributed by atoms with Crippen molar-refractivity contribution in [3.63, 3.8) is 0 Å². The number of rotatable bonds is 1. The molecule has 0 heterocycles. The van der Waals surface area contributed by atoms with E-state index in [0.29, 0.717) is 6.16 Å². The van der Waals surface area contributed by atoms with Crippen LogP contribution in [0.3, 0.4) is 0 Å². The summed E-state index contributed by atoms with van der Waals surface area (Å²) in [4.78, 5) is 8.47. The Hall–Kier alpha value is 0.970. The van der Waals surface area contributed by atoms with Crippen molar-refractivity contribution in [3.8, 4) is 0 Å². The molecule has 1 nitrogen and oxygen atoms in total. The smallest absolute Gasteiger partial charge is 0.215 e. The second kappa shape index (κ2) is 2.32. The molecule has 0 aliphatic rings. The standard InChI is InChI=1S/C2H6Cl2OP/c1-2-6(3,4)5/h5H,2H2,1H3/q+1. The van der Waals surface area contributed by atoms with Crippen molar-refractivity contribution in [2.75, 3.05) is 6.16 Å². The summed E-state index contributed by atoms with van der Waals surface area (Å²) in [5.41, 5.74) is 0. The molecule has 1 N–H and O–H groups in total. The largest absolute Gasteiger partial charge is 0.335 e. The van der Waals surface area contributed by atoms with Crippen molar-refractivity contribution >= 4 is 28.7 Å². The van der Waals surface area contributed by atoms with Crippen molar-refractivity contribution < 1.29 is 4.89 Å². The summed E-state index contributed by atoms with van der Waals surface area (Å²) in [5.74, 6) is 0. The van der Waals surface area contributed by atoms with Crippen molar-refractivity contribution in [3.05, 3.63) is 0 Å². The van der Waals surface area contributed by atoms with Gasteiger partial charge in [-0.3, -0.25) is 0 Å². The predicted octanol–water partition coefficient (Wildman–Crippen LogP) is 2.24. The van der Waals surface area contributed by atoms with Crippen molar-refractivity contribution in [1.82, 2.24) is 0 Å². The molecule has 0 rings (SSSR count). The average molecular weight is 148 g/mol. The van der Waals surface area contributed by atoms with Crippen LogP contribution in [0, 0.1) is 0 Å². The van der Waals surface area contributed by atoms with E-state index in [1.165, 1.54) is 0 Å². The van der Waals surface area contributed by atoms with Crippen LogP contribution in [0.2, 0.25) is 0 Å². The Morgan fingerprint density at radius 2 is 1.83 bits per heavy atom. The third-order valence-corrected chi connectivity index (χ3v) is 2.58. The Morgan fingerprint density at radius 3 is 1.83 bits per heavy atom. The lowest BCUT2D eigenvalue weighted by Gasteiger charge is -1.90. The van der Waals surface area contributed by atoms with Gasteiger partial charge in [-0.25, -0.2) is 4.89 Å². The molecule has 0 aromatic heterocycles. The number of hydrogen-bond acceptors (Lipinski definition) is 1. The lowest BCUT2D eigenvalue weighted by Crippen LogP contribution is -1.71. The van der Waals surface area contributed by atoms with Gasteiger partial charge in [0.25, 0.3) is 0 Å². The maximum Gasteiger partial charge on any atom is 0.335 e. The fourth-order valence-corrected chi connectivity index (χ4v) is 0. The molecular weight excluding hydrogens is 142 g/mol. The Kier molecular flexibility index (Phi) is 2.70. The predicted molar refractivity (Wildman–Crippen MR) is 31.4 cm³/mol. The summed E-state index contributed by atoms with van der Waals surface area (Å²) in [7, 11) is 0. The first-order valence-electron chi connectivity index (χ1n) is 1.56. The highest BCUT2D eigenvalue weighted by Crippen LogP contribution is 2.64. The quantitative estimate of drug-likeness (QED) is 0.565. The molecule has 0 spiro atoms. The Morgan fingerprint density at radius 1 is 1.67 bits per heavy atom. The summed E-state index contributed by atoms with van der Waals surface area (Å²) < 4.78 is 0. The zero-order valence-electron chi connectivity index (χ0n) is 3.36. The van der Waals surface area contributed by atoms with Crippen LogP contribution in [0.1, 0.15) is 6.92 Å². The zero-order valence-corrected chi connectivity index (χ0v) is 5.76. The van der Waals surface area contributed by atoms with Gasteiger partial charge in [0.1, 0.15) is 28.6 Å². The lowest BCUT2D eigenvalue weighted by atomic mass is 11.0. The molecule has 0 saturated carbocycles. The summed E-state index contributed by atoms with van der Waals surface area (Å²) in [6.45, 7) is 1.74. The van der Waals surface area contributed by atoms with E-state index in [1.807, 2.05) is 0 Å². The van der Waals surface area contributed by atoms with E-state index in [2.05, 4.69) is 0 Å². The molecule has 0 bridgehead atoms. The molecule has 0 radical (unpaired) electrons. The second-order valence-corrected chi connectivity index (χ2v) is 6.61. The van der Waals surface area contributed by atoms with Gasteiger partial charge in [0, 0.05) is 0 Å². The van der Waals surface area contributed by atoms with Crippen molar-refractivity contribution in [1.29, 1.82) is 0 Å². The van der Waals surface area contributed by atoms with Gasteiger partial charge in [0.2, 0.25) is 0 Å². The van der Waals surface area contributed by atoms with Crippen LogP contribution in [0.4, 0.5) is 0 Å². The highest BCUT2D eigenvalue weighted by Gasteiger charge is 2.27. The summed E-state index contributed by atoms with van der Waals surface area (Å²) in [6.07, 6.45) is -1.98. The maximum absolute atomic E-state index is 8.47. The molecule has 0 unspecified atom stereocenters. The van der Waals surface area contributed by atoms with E-state index in [1.54, 1.807) is 6.92 Å². The molecule has 0 atom stereocenters. The van der Waals surface area contributed by atoms with Crippen LogP contribution in [0.5, 0.6) is 0 Å². The fraction of sp³-hybridized carbons (Fsp3) is 1.00. The lowest BCUT2D eigenvalue weighted by molar-refractivity contribution is 0.634. The molecule has 0 amide bonds. The van der Waals surface area contributed by atoms with E-state index in [4.69, 9.17) is 27.4 Å². The van der Waals surface area contributed by atoms with E-state index in [9.17, 15) is 0 Å². The molecule has 4 heteroatoms. The molecule has 0 aromatic carbocycles. The molecule has 0 aliphatic heterocycles. The average Bonchev–Trinajstić information content (AvgIpc) is 1.35. The van der Waals surface area contributed by atoms with Crippen LogP contribution >= 0.6 is 28.7 Å². The van der Waals surface area contributed by atoms with Crippen LogP contribution < -0.4 is 0 Å². The summed E-state index contributed by atoms with van der Waals surface area (Å²) in [5, 5.41) is 0. The third kappa shape index (κ3) is 4.97. The van der Waals surface area contributed by atoms with Crippen molar-refractivity contribution in [2.24, 2.45) is 0 Å². The van der Waals surface area contributed by atoms with Gasteiger partial charge in [-0.1, -0.05) is 0 Å². The fourth-order valence-electron chi connectivity index (χ4n) is 0. The molecule has 0 fully saturated rings. The van der Waals surface area contributed by atoms with Gasteiger partial charge in [-0.15, -0.1) is 0 Å². The van der Waals surface area contributed by atoms with Gasteiger partial charge in [0.05, 0.1) is 0 Å². The van der Waals surface area contributed by atoms with Crippen LogP contribution in [0.25, 0.3) is 0 Å². The molecular formula is C2H6Cl2OP+. The minimum Gasteiger partial charge on any atom is -0.215 e. The van der Waals surface area contributed by atoms with Gasteiger partial charge < -0.3 is 0 Å². The van der Waals surface area contributed by atoms with E-state index in [0.717, 1.165) is 0 Å². The zero-order chi connectivity index (χ0) is 5.21. The Balaban J connectivity index is 3.17. The van der Waals surface area contributed by atoms with Crippen LogP contribution in [-0.4, -0.2) is 11.1 Å². The molecule has 0 aromatic rings. The number of hydrogen-bond donors (Lipinski definition) is 1. The Bertz CT molecular complexity index is 41.3. The van der Waals surface area contributed by atoms with E-state index < -0.39 is 6.19 Å². The van der Waals surface area contributed by atoms with Gasteiger partial charge >= 0.3 is 6.19 Å². The first kappa shape index (κ1) is 6.97. The molecule has 6 heavy (non-hydrogen) atoms. The van der Waals surface area contributed by atoms with E-state index >= 15 is 0 Å².